The fourth-order valence-corrected chi connectivity index (χ4v) is 1.99. The number of benzene rings is 1. The molecule has 0 aromatic heterocycles. The Bertz CT molecular complexity index is 287. The Morgan fingerprint density at radius 3 is 2.60 bits per heavy atom. The zero-order chi connectivity index (χ0) is 10.9. The van der Waals surface area contributed by atoms with Gasteiger partial charge in [-0.2, -0.15) is 0 Å². The second kappa shape index (κ2) is 7.60. The molecular formula is C12H19NOS. The van der Waals surface area contributed by atoms with Crippen molar-refractivity contribution in [3.05, 3.63) is 35.9 Å². The second-order valence-electron chi connectivity index (χ2n) is 3.42. The summed E-state index contributed by atoms with van der Waals surface area (Å²) in [6.45, 7) is 3.78. The third kappa shape index (κ3) is 5.70. The molecule has 0 heterocycles. The summed E-state index contributed by atoms with van der Waals surface area (Å²) < 4.78 is 11.1. The monoisotopic (exact) mass is 225 g/mol. The first-order valence-corrected chi connectivity index (χ1v) is 6.91. The normalized spacial score (nSPS) is 12.6. The van der Waals surface area contributed by atoms with Gasteiger partial charge in [0.15, 0.2) is 0 Å². The van der Waals surface area contributed by atoms with Crippen molar-refractivity contribution in [3.8, 4) is 0 Å². The minimum absolute atomic E-state index is 0.637. The van der Waals surface area contributed by atoms with Gasteiger partial charge in [-0.3, -0.25) is 4.21 Å². The van der Waals surface area contributed by atoms with E-state index in [1.807, 2.05) is 13.0 Å². The molecule has 3 heteroatoms. The molecule has 0 aliphatic heterocycles. The van der Waals surface area contributed by atoms with Gasteiger partial charge in [0.1, 0.15) is 0 Å². The lowest BCUT2D eigenvalue weighted by Crippen LogP contribution is -2.23. The number of hydrogen-bond acceptors (Lipinski definition) is 2. The molecular weight excluding hydrogens is 206 g/mol. The summed E-state index contributed by atoms with van der Waals surface area (Å²) >= 11 is 0. The van der Waals surface area contributed by atoms with E-state index >= 15 is 0 Å². The van der Waals surface area contributed by atoms with E-state index in [2.05, 4.69) is 29.6 Å². The number of rotatable bonds is 7. The molecule has 1 N–H and O–H groups in total. The van der Waals surface area contributed by atoms with Crippen LogP contribution in [-0.2, 0) is 17.2 Å². The molecule has 0 bridgehead atoms. The van der Waals surface area contributed by atoms with E-state index in [9.17, 15) is 4.21 Å². The highest BCUT2D eigenvalue weighted by molar-refractivity contribution is 7.84. The van der Waals surface area contributed by atoms with Crippen LogP contribution in [-0.4, -0.2) is 28.8 Å². The summed E-state index contributed by atoms with van der Waals surface area (Å²) in [4.78, 5) is 0. The highest BCUT2D eigenvalue weighted by Gasteiger charge is 1.95. The zero-order valence-corrected chi connectivity index (χ0v) is 10.1. The molecule has 0 fully saturated rings. The maximum absolute atomic E-state index is 11.1. The summed E-state index contributed by atoms with van der Waals surface area (Å²) in [5.41, 5.74) is 1.35. The molecule has 0 spiro atoms. The maximum atomic E-state index is 11.1. The zero-order valence-electron chi connectivity index (χ0n) is 9.24. The molecule has 1 aromatic carbocycles. The SMILES string of the molecule is CCS(=O)CCNCCc1ccccc1. The Balaban J connectivity index is 2.05. The Hall–Kier alpha value is -0.670. The highest BCUT2D eigenvalue weighted by atomic mass is 32.2. The number of nitrogens with one attached hydrogen (secondary N) is 1. The average molecular weight is 225 g/mol. The molecule has 1 aromatic rings. The van der Waals surface area contributed by atoms with Crippen molar-refractivity contribution < 1.29 is 4.21 Å². The predicted molar refractivity (Wildman–Crippen MR) is 66.6 cm³/mol. The lowest BCUT2D eigenvalue weighted by atomic mass is 10.1. The van der Waals surface area contributed by atoms with Crippen molar-refractivity contribution in [1.82, 2.24) is 5.32 Å². The predicted octanol–water partition coefficient (Wildman–Crippen LogP) is 1.59. The van der Waals surface area contributed by atoms with Crippen LogP contribution in [0.5, 0.6) is 0 Å². The molecule has 1 rings (SSSR count). The van der Waals surface area contributed by atoms with E-state index in [4.69, 9.17) is 0 Å². The summed E-state index contributed by atoms with van der Waals surface area (Å²) in [7, 11) is -0.637. The van der Waals surface area contributed by atoms with Crippen molar-refractivity contribution in [2.45, 2.75) is 13.3 Å². The van der Waals surface area contributed by atoms with Gasteiger partial charge < -0.3 is 5.32 Å². The number of hydrogen-bond donors (Lipinski definition) is 1. The van der Waals surface area contributed by atoms with Crippen molar-refractivity contribution in [2.75, 3.05) is 24.6 Å². The maximum Gasteiger partial charge on any atom is 0.0359 e. The van der Waals surface area contributed by atoms with Crippen LogP contribution in [0.2, 0.25) is 0 Å². The van der Waals surface area contributed by atoms with Gasteiger partial charge in [0.25, 0.3) is 0 Å². The Morgan fingerprint density at radius 2 is 1.93 bits per heavy atom. The first kappa shape index (κ1) is 12.4. The topological polar surface area (TPSA) is 29.1 Å². The van der Waals surface area contributed by atoms with E-state index in [0.717, 1.165) is 31.0 Å². The van der Waals surface area contributed by atoms with E-state index in [1.165, 1.54) is 5.56 Å². The van der Waals surface area contributed by atoms with Crippen LogP contribution >= 0.6 is 0 Å². The minimum atomic E-state index is -0.637. The minimum Gasteiger partial charge on any atom is -0.315 e. The van der Waals surface area contributed by atoms with Gasteiger partial charge >= 0.3 is 0 Å². The molecule has 0 saturated heterocycles. The van der Waals surface area contributed by atoms with E-state index in [0.29, 0.717) is 0 Å². The average Bonchev–Trinajstić information content (AvgIpc) is 2.29. The quantitative estimate of drug-likeness (QED) is 0.714. The largest absolute Gasteiger partial charge is 0.315 e. The first-order chi connectivity index (χ1) is 7.33. The Kier molecular flexibility index (Phi) is 6.28. The lowest BCUT2D eigenvalue weighted by molar-refractivity contribution is 0.673. The molecule has 0 amide bonds. The molecule has 1 atom stereocenters. The summed E-state index contributed by atoms with van der Waals surface area (Å²) in [5, 5.41) is 3.31. The van der Waals surface area contributed by atoms with Gasteiger partial charge in [-0.05, 0) is 18.5 Å². The standard InChI is InChI=1S/C12H19NOS/c1-2-15(14)11-10-13-9-8-12-6-4-3-5-7-12/h3-7,13H,2,8-11H2,1H3. The van der Waals surface area contributed by atoms with Crippen LogP contribution in [0.1, 0.15) is 12.5 Å². The molecule has 1 unspecified atom stereocenters. The molecule has 0 saturated carbocycles. The van der Waals surface area contributed by atoms with Gasteiger partial charge in [0.2, 0.25) is 0 Å². The van der Waals surface area contributed by atoms with Gasteiger partial charge in [-0.1, -0.05) is 37.3 Å². The molecule has 0 radical (unpaired) electrons. The van der Waals surface area contributed by atoms with Crippen LogP contribution in [0.15, 0.2) is 30.3 Å². The third-order valence-electron chi connectivity index (χ3n) is 2.26. The smallest absolute Gasteiger partial charge is 0.0359 e. The summed E-state index contributed by atoms with van der Waals surface area (Å²) in [6.07, 6.45) is 1.04. The molecule has 84 valence electrons. The highest BCUT2D eigenvalue weighted by Crippen LogP contribution is 1.97. The van der Waals surface area contributed by atoms with Crippen molar-refractivity contribution >= 4 is 10.8 Å². The van der Waals surface area contributed by atoms with E-state index in [1.54, 1.807) is 0 Å². The van der Waals surface area contributed by atoms with Crippen LogP contribution in [0.4, 0.5) is 0 Å². The fourth-order valence-electron chi connectivity index (χ4n) is 1.33. The van der Waals surface area contributed by atoms with Gasteiger partial charge in [-0.15, -0.1) is 0 Å². The van der Waals surface area contributed by atoms with E-state index in [-0.39, 0.29) is 0 Å². The van der Waals surface area contributed by atoms with Crippen LogP contribution < -0.4 is 5.32 Å². The molecule has 15 heavy (non-hydrogen) atoms. The Morgan fingerprint density at radius 1 is 1.20 bits per heavy atom. The van der Waals surface area contributed by atoms with Gasteiger partial charge in [-0.25, -0.2) is 0 Å². The fraction of sp³-hybridized carbons (Fsp3) is 0.500. The first-order valence-electron chi connectivity index (χ1n) is 5.42. The van der Waals surface area contributed by atoms with Crippen molar-refractivity contribution in [1.29, 1.82) is 0 Å². The van der Waals surface area contributed by atoms with Crippen LogP contribution in [0, 0.1) is 0 Å². The molecule has 2 nitrogen and oxygen atoms in total. The third-order valence-corrected chi connectivity index (χ3v) is 3.57. The second-order valence-corrected chi connectivity index (χ2v) is 5.28. The summed E-state index contributed by atoms with van der Waals surface area (Å²) in [5.74, 6) is 1.53. The van der Waals surface area contributed by atoms with Crippen LogP contribution in [0.3, 0.4) is 0 Å². The molecule has 0 aliphatic carbocycles. The van der Waals surface area contributed by atoms with E-state index < -0.39 is 10.8 Å². The van der Waals surface area contributed by atoms with Crippen molar-refractivity contribution in [2.24, 2.45) is 0 Å². The lowest BCUT2D eigenvalue weighted by Gasteiger charge is -2.04. The van der Waals surface area contributed by atoms with Crippen molar-refractivity contribution in [3.63, 3.8) is 0 Å². The summed E-state index contributed by atoms with van der Waals surface area (Å²) in [6, 6.07) is 10.4. The van der Waals surface area contributed by atoms with Crippen LogP contribution in [0.25, 0.3) is 0 Å². The van der Waals surface area contributed by atoms with Gasteiger partial charge in [0, 0.05) is 28.9 Å². The van der Waals surface area contributed by atoms with Gasteiger partial charge in [0.05, 0.1) is 0 Å². The Labute approximate surface area is 94.5 Å². The molecule has 0 aliphatic rings.